The van der Waals surface area contributed by atoms with Gasteiger partial charge < -0.3 is 10.0 Å². The third-order valence-electron chi connectivity index (χ3n) is 4.69. The van der Waals surface area contributed by atoms with E-state index >= 15 is 0 Å². The minimum Gasteiger partial charge on any atom is -0.479 e. The van der Waals surface area contributed by atoms with Crippen molar-refractivity contribution in [2.75, 3.05) is 6.54 Å². The standard InChI is InChI=1S/C17H23NO3/c1-3-18(13(2)19)17(16(20)21)11-9-15(10-12-17)14-7-5-4-6-8-14/h4-8,15H,3,9-12H2,1-2H3,(H,20,21). The smallest absolute Gasteiger partial charge is 0.329 e. The van der Waals surface area contributed by atoms with Crippen molar-refractivity contribution in [2.45, 2.75) is 51.0 Å². The quantitative estimate of drug-likeness (QED) is 0.927. The lowest BCUT2D eigenvalue weighted by Crippen LogP contribution is -2.58. The topological polar surface area (TPSA) is 57.6 Å². The molecule has 21 heavy (non-hydrogen) atoms. The summed E-state index contributed by atoms with van der Waals surface area (Å²) in [6, 6.07) is 10.2. The van der Waals surface area contributed by atoms with Gasteiger partial charge in [0.2, 0.25) is 5.91 Å². The van der Waals surface area contributed by atoms with Crippen molar-refractivity contribution in [2.24, 2.45) is 0 Å². The van der Waals surface area contributed by atoms with Gasteiger partial charge in [-0.2, -0.15) is 0 Å². The zero-order chi connectivity index (χ0) is 15.5. The number of carbonyl (C=O) groups excluding carboxylic acids is 1. The van der Waals surface area contributed by atoms with Crippen molar-refractivity contribution in [1.82, 2.24) is 4.90 Å². The zero-order valence-electron chi connectivity index (χ0n) is 12.7. The molecule has 4 heteroatoms. The maximum atomic E-state index is 11.8. The highest BCUT2D eigenvalue weighted by Crippen LogP contribution is 2.41. The largest absolute Gasteiger partial charge is 0.479 e. The van der Waals surface area contributed by atoms with Gasteiger partial charge in [0.25, 0.3) is 0 Å². The Hall–Kier alpha value is -1.84. The van der Waals surface area contributed by atoms with Crippen molar-refractivity contribution < 1.29 is 14.7 Å². The Labute approximate surface area is 125 Å². The van der Waals surface area contributed by atoms with Gasteiger partial charge in [0, 0.05) is 13.5 Å². The van der Waals surface area contributed by atoms with Gasteiger partial charge >= 0.3 is 5.97 Å². The summed E-state index contributed by atoms with van der Waals surface area (Å²) < 4.78 is 0. The highest BCUT2D eigenvalue weighted by atomic mass is 16.4. The minimum atomic E-state index is -1.02. The maximum Gasteiger partial charge on any atom is 0.329 e. The third kappa shape index (κ3) is 2.94. The highest BCUT2D eigenvalue weighted by Gasteiger charge is 2.47. The van der Waals surface area contributed by atoms with Crippen LogP contribution in [0, 0.1) is 0 Å². The van der Waals surface area contributed by atoms with Crippen LogP contribution in [0.15, 0.2) is 30.3 Å². The average Bonchev–Trinajstić information content (AvgIpc) is 2.49. The van der Waals surface area contributed by atoms with E-state index in [9.17, 15) is 14.7 Å². The second kappa shape index (κ2) is 6.29. The van der Waals surface area contributed by atoms with E-state index in [4.69, 9.17) is 0 Å². The molecule has 0 spiro atoms. The van der Waals surface area contributed by atoms with Gasteiger partial charge in [0.15, 0.2) is 0 Å². The molecule has 0 saturated heterocycles. The van der Waals surface area contributed by atoms with E-state index in [1.807, 2.05) is 25.1 Å². The number of hydrogen-bond donors (Lipinski definition) is 1. The van der Waals surface area contributed by atoms with Crippen molar-refractivity contribution in [3.63, 3.8) is 0 Å². The molecule has 0 aromatic heterocycles. The highest BCUT2D eigenvalue weighted by molar-refractivity contribution is 5.86. The first-order chi connectivity index (χ1) is 10.0. The molecule has 114 valence electrons. The van der Waals surface area contributed by atoms with Crippen molar-refractivity contribution >= 4 is 11.9 Å². The van der Waals surface area contributed by atoms with E-state index in [-0.39, 0.29) is 5.91 Å². The second-order valence-corrected chi connectivity index (χ2v) is 5.78. The summed E-state index contributed by atoms with van der Waals surface area (Å²) in [6.45, 7) is 3.74. The molecule has 1 aromatic rings. The average molecular weight is 289 g/mol. The summed E-state index contributed by atoms with van der Waals surface area (Å²) in [5, 5.41) is 9.70. The van der Waals surface area contributed by atoms with Gasteiger partial charge in [-0.25, -0.2) is 4.79 Å². The lowest BCUT2D eigenvalue weighted by Gasteiger charge is -2.44. The molecular weight excluding hydrogens is 266 g/mol. The summed E-state index contributed by atoms with van der Waals surface area (Å²) in [5.74, 6) is -0.631. The molecule has 1 aliphatic carbocycles. The van der Waals surface area contributed by atoms with Crippen LogP contribution in [0.3, 0.4) is 0 Å². The van der Waals surface area contributed by atoms with Crippen LogP contribution in [0.1, 0.15) is 51.0 Å². The van der Waals surface area contributed by atoms with Crippen molar-refractivity contribution in [3.05, 3.63) is 35.9 Å². The summed E-state index contributed by atoms with van der Waals surface area (Å²) in [6.07, 6.45) is 2.66. The molecule has 1 saturated carbocycles. The molecule has 1 aliphatic rings. The van der Waals surface area contributed by atoms with Crippen LogP contribution in [0.4, 0.5) is 0 Å². The summed E-state index contributed by atoms with van der Waals surface area (Å²) in [4.78, 5) is 25.2. The predicted octanol–water partition coefficient (Wildman–Crippen LogP) is 3.04. The number of amides is 1. The molecule has 1 fully saturated rings. The Bertz CT molecular complexity index is 504. The van der Waals surface area contributed by atoms with Crippen LogP contribution in [0.25, 0.3) is 0 Å². The monoisotopic (exact) mass is 289 g/mol. The normalized spacial score (nSPS) is 25.3. The van der Waals surface area contributed by atoms with Gasteiger partial charge in [-0.05, 0) is 44.1 Å². The maximum absolute atomic E-state index is 11.8. The number of rotatable bonds is 4. The Morgan fingerprint density at radius 2 is 1.81 bits per heavy atom. The van der Waals surface area contributed by atoms with Gasteiger partial charge in [0.05, 0.1) is 0 Å². The fourth-order valence-electron chi connectivity index (χ4n) is 3.58. The van der Waals surface area contributed by atoms with Crippen LogP contribution < -0.4 is 0 Å². The van der Waals surface area contributed by atoms with E-state index in [0.717, 1.165) is 12.8 Å². The molecule has 0 radical (unpaired) electrons. The SMILES string of the molecule is CCN(C(C)=O)C1(C(=O)O)CCC(c2ccccc2)CC1. The zero-order valence-corrected chi connectivity index (χ0v) is 12.7. The molecule has 0 aliphatic heterocycles. The Morgan fingerprint density at radius 1 is 1.24 bits per heavy atom. The van der Waals surface area contributed by atoms with E-state index in [2.05, 4.69) is 12.1 Å². The number of nitrogens with zero attached hydrogens (tertiary/aromatic N) is 1. The van der Waals surface area contributed by atoms with Crippen LogP contribution in [0.5, 0.6) is 0 Å². The van der Waals surface area contributed by atoms with Crippen LogP contribution in [-0.2, 0) is 9.59 Å². The molecule has 2 rings (SSSR count). The third-order valence-corrected chi connectivity index (χ3v) is 4.69. The van der Waals surface area contributed by atoms with Gasteiger partial charge in [-0.1, -0.05) is 30.3 Å². The molecule has 1 amide bonds. The van der Waals surface area contributed by atoms with Crippen LogP contribution in [0.2, 0.25) is 0 Å². The Morgan fingerprint density at radius 3 is 2.24 bits per heavy atom. The minimum absolute atomic E-state index is 0.155. The second-order valence-electron chi connectivity index (χ2n) is 5.78. The van der Waals surface area contributed by atoms with E-state index < -0.39 is 11.5 Å². The number of carboxylic acids is 1. The molecule has 4 nitrogen and oxygen atoms in total. The number of likely N-dealkylation sites (N-methyl/N-ethyl adjacent to an activating group) is 1. The fourth-order valence-corrected chi connectivity index (χ4v) is 3.58. The van der Waals surface area contributed by atoms with Crippen molar-refractivity contribution in [1.29, 1.82) is 0 Å². The van der Waals surface area contributed by atoms with E-state index in [0.29, 0.717) is 25.3 Å². The molecule has 0 unspecified atom stereocenters. The number of aliphatic carboxylic acids is 1. The lowest BCUT2D eigenvalue weighted by atomic mass is 9.73. The van der Waals surface area contributed by atoms with Gasteiger partial charge in [-0.3, -0.25) is 4.79 Å². The lowest BCUT2D eigenvalue weighted by molar-refractivity contribution is -0.161. The molecule has 0 atom stereocenters. The number of benzene rings is 1. The molecule has 1 aromatic carbocycles. The molecule has 1 N–H and O–H groups in total. The summed E-state index contributed by atoms with van der Waals surface area (Å²) in [5.41, 5.74) is 0.244. The predicted molar refractivity (Wildman–Crippen MR) is 81.1 cm³/mol. The first-order valence-electron chi connectivity index (χ1n) is 7.58. The van der Waals surface area contributed by atoms with E-state index in [1.165, 1.54) is 17.4 Å². The first kappa shape index (κ1) is 15.5. The first-order valence-corrected chi connectivity index (χ1v) is 7.58. The molecular formula is C17H23NO3. The van der Waals surface area contributed by atoms with Crippen LogP contribution in [-0.4, -0.2) is 34.0 Å². The fraction of sp³-hybridized carbons (Fsp3) is 0.529. The van der Waals surface area contributed by atoms with E-state index in [1.54, 1.807) is 0 Å². The Balaban J connectivity index is 2.18. The number of carboxylic acid groups (broad SMARTS) is 1. The molecule has 0 bridgehead atoms. The van der Waals surface area contributed by atoms with Gasteiger partial charge in [0.1, 0.15) is 5.54 Å². The molecule has 0 heterocycles. The number of carbonyl (C=O) groups is 2. The Kier molecular flexibility index (Phi) is 4.66. The van der Waals surface area contributed by atoms with Crippen LogP contribution >= 0.6 is 0 Å². The van der Waals surface area contributed by atoms with Gasteiger partial charge in [-0.15, -0.1) is 0 Å². The summed E-state index contributed by atoms with van der Waals surface area (Å²) in [7, 11) is 0. The van der Waals surface area contributed by atoms with Crippen molar-refractivity contribution in [3.8, 4) is 0 Å². The number of hydrogen-bond acceptors (Lipinski definition) is 2. The summed E-state index contributed by atoms with van der Waals surface area (Å²) >= 11 is 0.